The fourth-order valence-electron chi connectivity index (χ4n) is 3.58. The normalized spacial score (nSPS) is 21.0. The number of hydrogen-bond donors (Lipinski definition) is 3. The number of thiophene rings is 2. The molecule has 10 nitrogen and oxygen atoms in total. The molecule has 4 rings (SSSR count). The van der Waals surface area contributed by atoms with Crippen molar-refractivity contribution in [2.24, 2.45) is 20.0 Å². The average Bonchev–Trinajstić information content (AvgIpc) is 3.52. The van der Waals surface area contributed by atoms with Crippen LogP contribution in [0.4, 0.5) is 0 Å². The lowest BCUT2D eigenvalue weighted by molar-refractivity contribution is 0.349. The van der Waals surface area contributed by atoms with Gasteiger partial charge in [-0.2, -0.15) is 0 Å². The predicted octanol–water partition coefficient (Wildman–Crippen LogP) is 1.83. The molecule has 2 atom stereocenters. The van der Waals surface area contributed by atoms with Crippen molar-refractivity contribution in [2.45, 2.75) is 32.3 Å². The van der Waals surface area contributed by atoms with Gasteiger partial charge in [-0.1, -0.05) is 12.1 Å². The van der Waals surface area contributed by atoms with Crippen LogP contribution in [0.2, 0.25) is 0 Å². The Labute approximate surface area is 208 Å². The van der Waals surface area contributed by atoms with E-state index in [1.165, 1.54) is 9.75 Å². The molecule has 0 bridgehead atoms. The highest BCUT2D eigenvalue weighted by atomic mass is 32.1. The molecular formula is C22H32N10S2. The lowest BCUT2D eigenvalue weighted by Crippen LogP contribution is -2.59. The summed E-state index contributed by atoms with van der Waals surface area (Å²) >= 11 is 3.47. The molecule has 3 N–H and O–H groups in total. The van der Waals surface area contributed by atoms with Crippen LogP contribution in [-0.2, 0) is 13.1 Å². The second-order valence-corrected chi connectivity index (χ2v) is 10.3. The molecule has 12 heteroatoms. The van der Waals surface area contributed by atoms with Gasteiger partial charge >= 0.3 is 0 Å². The van der Waals surface area contributed by atoms with Gasteiger partial charge < -0.3 is 20.0 Å². The summed E-state index contributed by atoms with van der Waals surface area (Å²) in [6.07, 6.45) is -0.369. The van der Waals surface area contributed by atoms with Crippen molar-refractivity contribution >= 4 is 46.5 Å². The Bertz CT molecular complexity index is 1060. The number of nitrogens with zero attached hydrogens (tertiary/aromatic N) is 7. The molecular weight excluding hydrogens is 468 g/mol. The third-order valence-corrected chi connectivity index (χ3v) is 6.98. The van der Waals surface area contributed by atoms with Crippen molar-refractivity contribution in [1.82, 2.24) is 30.7 Å². The quantitative estimate of drug-likeness (QED) is 0.560. The first-order chi connectivity index (χ1) is 16.4. The fourth-order valence-corrected chi connectivity index (χ4v) is 5.06. The molecule has 0 saturated heterocycles. The van der Waals surface area contributed by atoms with Crippen LogP contribution in [0.1, 0.15) is 16.7 Å². The van der Waals surface area contributed by atoms with Gasteiger partial charge in [-0.05, 0) is 29.8 Å². The average molecular weight is 501 g/mol. The standard InChI is InChI=1S/C22H32N10S2/c1-15-24-20(30(3)4)29-22(25-15)32(13-17-9-7-11-34-17)14-18-26-19(23-2)28-21(27-18)31(5)12-16-8-6-10-33-16/h6-11,15,18H,12-14H2,1-5H3,(H,24,25,29)(H2,23,26,27,28). The topological polar surface area (TPSA) is 95.2 Å². The first-order valence-electron chi connectivity index (χ1n) is 11.1. The molecule has 0 spiro atoms. The number of guanidine groups is 4. The van der Waals surface area contributed by atoms with Gasteiger partial charge in [0.1, 0.15) is 12.3 Å². The van der Waals surface area contributed by atoms with Crippen LogP contribution in [0.15, 0.2) is 55.0 Å². The summed E-state index contributed by atoms with van der Waals surface area (Å²) in [5, 5.41) is 14.3. The van der Waals surface area contributed by atoms with Crippen LogP contribution in [-0.4, -0.2) is 85.6 Å². The van der Waals surface area contributed by atoms with Crippen molar-refractivity contribution in [3.05, 3.63) is 44.8 Å². The Morgan fingerprint density at radius 1 is 0.912 bits per heavy atom. The third-order valence-electron chi connectivity index (χ3n) is 5.26. The molecule has 2 aromatic rings. The maximum Gasteiger partial charge on any atom is 0.203 e. The molecule has 2 aliphatic rings. The number of hydrogen-bond acceptors (Lipinski definition) is 10. The Balaban J connectivity index is 1.56. The minimum atomic E-state index is -0.206. The lowest BCUT2D eigenvalue weighted by Gasteiger charge is -2.35. The highest BCUT2D eigenvalue weighted by Crippen LogP contribution is 2.16. The molecule has 0 aromatic carbocycles. The van der Waals surface area contributed by atoms with Gasteiger partial charge in [0.25, 0.3) is 0 Å². The van der Waals surface area contributed by atoms with Gasteiger partial charge in [0.2, 0.25) is 17.9 Å². The van der Waals surface area contributed by atoms with Crippen LogP contribution in [0.3, 0.4) is 0 Å². The zero-order valence-electron chi connectivity index (χ0n) is 20.2. The van der Waals surface area contributed by atoms with E-state index in [0.29, 0.717) is 12.5 Å². The SMILES string of the molecule is CN=C1NC(N(C)Cc2cccs2)=NC(CN(Cc2cccs2)C2=NC(C)N=C(N(C)C)N2)N1. The van der Waals surface area contributed by atoms with Gasteiger partial charge in [0.05, 0.1) is 19.6 Å². The van der Waals surface area contributed by atoms with Crippen LogP contribution in [0.25, 0.3) is 0 Å². The number of aliphatic imine (C=N–C) groups is 4. The van der Waals surface area contributed by atoms with Crippen LogP contribution < -0.4 is 16.0 Å². The summed E-state index contributed by atoms with van der Waals surface area (Å²) in [5.74, 6) is 3.07. The van der Waals surface area contributed by atoms with E-state index in [9.17, 15) is 0 Å². The highest BCUT2D eigenvalue weighted by Gasteiger charge is 2.27. The van der Waals surface area contributed by atoms with Crippen molar-refractivity contribution in [3.8, 4) is 0 Å². The molecule has 0 saturated carbocycles. The first-order valence-corrected chi connectivity index (χ1v) is 12.9. The molecule has 0 radical (unpaired) electrons. The Kier molecular flexibility index (Phi) is 7.68. The maximum atomic E-state index is 4.98. The van der Waals surface area contributed by atoms with E-state index < -0.39 is 0 Å². The fraction of sp³-hybridized carbons (Fsp3) is 0.455. The largest absolute Gasteiger partial charge is 0.349 e. The molecule has 0 aliphatic carbocycles. The van der Waals surface area contributed by atoms with Crippen LogP contribution >= 0.6 is 22.7 Å². The second-order valence-electron chi connectivity index (χ2n) is 8.26. The molecule has 2 unspecified atom stereocenters. The zero-order chi connectivity index (χ0) is 24.1. The van der Waals surface area contributed by atoms with Gasteiger partial charge in [-0.15, -0.1) is 22.7 Å². The van der Waals surface area contributed by atoms with E-state index in [1.807, 2.05) is 33.0 Å². The van der Waals surface area contributed by atoms with E-state index in [2.05, 4.69) is 70.8 Å². The molecule has 0 amide bonds. The summed E-state index contributed by atoms with van der Waals surface area (Å²) in [6.45, 7) is 4.10. The van der Waals surface area contributed by atoms with E-state index in [4.69, 9.17) is 9.98 Å². The highest BCUT2D eigenvalue weighted by molar-refractivity contribution is 7.10. The minimum absolute atomic E-state index is 0.163. The maximum absolute atomic E-state index is 4.98. The summed E-state index contributed by atoms with van der Waals surface area (Å²) in [7, 11) is 7.76. The van der Waals surface area contributed by atoms with Gasteiger partial charge in [-0.3, -0.25) is 15.6 Å². The predicted molar refractivity (Wildman–Crippen MR) is 143 cm³/mol. The number of nitrogens with one attached hydrogen (secondary N) is 3. The first kappa shape index (κ1) is 24.0. The van der Waals surface area contributed by atoms with Crippen LogP contribution in [0, 0.1) is 0 Å². The van der Waals surface area contributed by atoms with E-state index in [0.717, 1.165) is 31.0 Å². The Morgan fingerprint density at radius 3 is 2.21 bits per heavy atom. The Hall–Kier alpha value is -3.12. The smallest absolute Gasteiger partial charge is 0.203 e. The number of rotatable bonds is 6. The van der Waals surface area contributed by atoms with E-state index in [-0.39, 0.29) is 12.3 Å². The van der Waals surface area contributed by atoms with Crippen molar-refractivity contribution in [3.63, 3.8) is 0 Å². The summed E-state index contributed by atoms with van der Waals surface area (Å²) < 4.78 is 0. The summed E-state index contributed by atoms with van der Waals surface area (Å²) in [4.78, 5) is 27.6. The van der Waals surface area contributed by atoms with Gasteiger partial charge in [-0.25, -0.2) is 15.0 Å². The summed E-state index contributed by atoms with van der Waals surface area (Å²) in [5.41, 5.74) is 0. The molecule has 2 aliphatic heterocycles. The molecule has 0 fully saturated rings. The van der Waals surface area contributed by atoms with Gasteiger partial charge in [0.15, 0.2) is 5.96 Å². The molecule has 2 aromatic heterocycles. The lowest BCUT2D eigenvalue weighted by atomic mass is 10.3. The van der Waals surface area contributed by atoms with Crippen molar-refractivity contribution in [2.75, 3.05) is 34.7 Å². The minimum Gasteiger partial charge on any atom is -0.349 e. The molecule has 182 valence electrons. The van der Waals surface area contributed by atoms with Crippen molar-refractivity contribution < 1.29 is 0 Å². The third kappa shape index (κ3) is 6.06. The van der Waals surface area contributed by atoms with Crippen LogP contribution in [0.5, 0.6) is 0 Å². The van der Waals surface area contributed by atoms with E-state index >= 15 is 0 Å². The van der Waals surface area contributed by atoms with Gasteiger partial charge in [0, 0.05) is 37.9 Å². The Morgan fingerprint density at radius 2 is 1.59 bits per heavy atom. The monoisotopic (exact) mass is 500 g/mol. The summed E-state index contributed by atoms with van der Waals surface area (Å²) in [6, 6.07) is 8.42. The zero-order valence-corrected chi connectivity index (χ0v) is 21.8. The van der Waals surface area contributed by atoms with Crippen molar-refractivity contribution in [1.29, 1.82) is 0 Å². The molecule has 4 heterocycles. The second kappa shape index (κ2) is 10.9. The van der Waals surface area contributed by atoms with E-state index in [1.54, 1.807) is 29.7 Å². The molecule has 34 heavy (non-hydrogen) atoms.